The molecule has 0 atom stereocenters. The van der Waals surface area contributed by atoms with E-state index in [4.69, 9.17) is 0 Å². The highest BCUT2D eigenvalue weighted by atomic mass is 79.9. The van der Waals surface area contributed by atoms with Crippen LogP contribution in [0.3, 0.4) is 0 Å². The van der Waals surface area contributed by atoms with Crippen LogP contribution in [0.15, 0.2) is 27.1 Å². The number of piperazine rings is 1. The minimum absolute atomic E-state index is 0.0250. The van der Waals surface area contributed by atoms with E-state index in [0.717, 1.165) is 34.1 Å². The highest BCUT2D eigenvalue weighted by molar-refractivity contribution is 9.11. The predicted octanol–water partition coefficient (Wildman–Crippen LogP) is 3.38. The first-order valence-corrected chi connectivity index (χ1v) is 7.85. The standard InChI is InChI=1S/C14H18Br2N2O/c1-14(2)9-18(5-4-17(14)3)13(19)10-6-11(15)8-12(16)7-10/h6-8H,4-5,9H2,1-3H3. The number of benzene rings is 1. The zero-order valence-electron chi connectivity index (χ0n) is 11.4. The summed E-state index contributed by atoms with van der Waals surface area (Å²) in [6.07, 6.45) is 0. The van der Waals surface area contributed by atoms with Crippen LogP contribution in [0.2, 0.25) is 0 Å². The fourth-order valence-electron chi connectivity index (χ4n) is 2.27. The summed E-state index contributed by atoms with van der Waals surface area (Å²) >= 11 is 6.86. The average Bonchev–Trinajstić information content (AvgIpc) is 2.30. The molecule has 0 aromatic heterocycles. The third kappa shape index (κ3) is 3.38. The van der Waals surface area contributed by atoms with Crippen molar-refractivity contribution in [3.8, 4) is 0 Å². The van der Waals surface area contributed by atoms with E-state index in [2.05, 4.69) is 57.7 Å². The number of rotatable bonds is 1. The Bertz CT molecular complexity index is 482. The largest absolute Gasteiger partial charge is 0.336 e. The van der Waals surface area contributed by atoms with Crippen molar-refractivity contribution >= 4 is 37.8 Å². The molecule has 1 amide bonds. The van der Waals surface area contributed by atoms with E-state index in [-0.39, 0.29) is 11.4 Å². The van der Waals surface area contributed by atoms with Crippen LogP contribution in [-0.4, -0.2) is 47.9 Å². The lowest BCUT2D eigenvalue weighted by Gasteiger charge is -2.45. The molecule has 3 nitrogen and oxygen atoms in total. The van der Waals surface area contributed by atoms with Crippen LogP contribution < -0.4 is 0 Å². The molecule has 0 radical (unpaired) electrons. The summed E-state index contributed by atoms with van der Waals surface area (Å²) < 4.78 is 1.83. The summed E-state index contributed by atoms with van der Waals surface area (Å²) in [5, 5.41) is 0. The Morgan fingerprint density at radius 2 is 1.74 bits per heavy atom. The third-order valence-electron chi connectivity index (χ3n) is 3.71. The van der Waals surface area contributed by atoms with Gasteiger partial charge < -0.3 is 4.90 Å². The van der Waals surface area contributed by atoms with Gasteiger partial charge in [0.25, 0.3) is 5.91 Å². The summed E-state index contributed by atoms with van der Waals surface area (Å²) in [6.45, 7) is 6.79. The quantitative estimate of drug-likeness (QED) is 0.735. The topological polar surface area (TPSA) is 23.6 Å². The van der Waals surface area contributed by atoms with E-state index in [1.54, 1.807) is 0 Å². The highest BCUT2D eigenvalue weighted by Gasteiger charge is 2.33. The Labute approximate surface area is 131 Å². The minimum atomic E-state index is 0.0250. The second-order valence-electron chi connectivity index (χ2n) is 5.62. The van der Waals surface area contributed by atoms with Crippen molar-refractivity contribution in [2.75, 3.05) is 26.7 Å². The maximum atomic E-state index is 12.6. The van der Waals surface area contributed by atoms with Crippen molar-refractivity contribution in [1.82, 2.24) is 9.80 Å². The van der Waals surface area contributed by atoms with Crippen molar-refractivity contribution in [3.05, 3.63) is 32.7 Å². The fraction of sp³-hybridized carbons (Fsp3) is 0.500. The van der Waals surface area contributed by atoms with Crippen LogP contribution in [0.1, 0.15) is 24.2 Å². The highest BCUT2D eigenvalue weighted by Crippen LogP contribution is 2.24. The lowest BCUT2D eigenvalue weighted by atomic mass is 9.99. The maximum absolute atomic E-state index is 12.6. The molecule has 1 aromatic carbocycles. The second-order valence-corrected chi connectivity index (χ2v) is 7.45. The molecule has 104 valence electrons. The Balaban J connectivity index is 2.20. The Morgan fingerprint density at radius 3 is 2.26 bits per heavy atom. The molecule has 0 saturated carbocycles. The Kier molecular flexibility index (Phi) is 4.38. The van der Waals surface area contributed by atoms with Crippen molar-refractivity contribution in [2.24, 2.45) is 0 Å². The zero-order valence-corrected chi connectivity index (χ0v) is 14.6. The summed E-state index contributed by atoms with van der Waals surface area (Å²) in [5.74, 6) is 0.100. The normalized spacial score (nSPS) is 19.5. The molecule has 0 unspecified atom stereocenters. The number of carbonyl (C=O) groups is 1. The number of carbonyl (C=O) groups excluding carboxylic acids is 1. The van der Waals surface area contributed by atoms with Crippen molar-refractivity contribution in [3.63, 3.8) is 0 Å². The van der Waals surface area contributed by atoms with Gasteiger partial charge >= 0.3 is 0 Å². The van der Waals surface area contributed by atoms with E-state index >= 15 is 0 Å². The molecular formula is C14H18Br2N2O. The van der Waals surface area contributed by atoms with Gasteiger partial charge in [-0.15, -0.1) is 0 Å². The van der Waals surface area contributed by atoms with Crippen LogP contribution in [0, 0.1) is 0 Å². The van der Waals surface area contributed by atoms with Gasteiger partial charge in [0.15, 0.2) is 0 Å². The van der Waals surface area contributed by atoms with E-state index in [0.29, 0.717) is 0 Å². The zero-order chi connectivity index (χ0) is 14.2. The number of halogens is 2. The van der Waals surface area contributed by atoms with Gasteiger partial charge in [-0.05, 0) is 39.1 Å². The lowest BCUT2D eigenvalue weighted by Crippen LogP contribution is -2.58. The number of hydrogen-bond acceptors (Lipinski definition) is 2. The summed E-state index contributed by atoms with van der Waals surface area (Å²) in [7, 11) is 2.11. The SMILES string of the molecule is CN1CCN(C(=O)c2cc(Br)cc(Br)c2)CC1(C)C. The van der Waals surface area contributed by atoms with Gasteiger partial charge in [-0.3, -0.25) is 9.69 Å². The molecule has 1 aliphatic heterocycles. The molecule has 1 saturated heterocycles. The molecule has 0 bridgehead atoms. The van der Waals surface area contributed by atoms with Crippen LogP contribution in [0.5, 0.6) is 0 Å². The van der Waals surface area contributed by atoms with Gasteiger partial charge in [0.2, 0.25) is 0 Å². The van der Waals surface area contributed by atoms with Crippen LogP contribution in [-0.2, 0) is 0 Å². The third-order valence-corrected chi connectivity index (χ3v) is 4.63. The first kappa shape index (κ1) is 15.0. The first-order valence-electron chi connectivity index (χ1n) is 6.26. The number of nitrogens with zero attached hydrogens (tertiary/aromatic N) is 2. The molecule has 1 fully saturated rings. The smallest absolute Gasteiger partial charge is 0.254 e. The molecule has 1 heterocycles. The number of amides is 1. The molecular weight excluding hydrogens is 372 g/mol. The van der Waals surface area contributed by atoms with Gasteiger partial charge in [-0.2, -0.15) is 0 Å². The molecule has 0 aliphatic carbocycles. The van der Waals surface area contributed by atoms with Gasteiger partial charge in [0, 0.05) is 39.7 Å². The molecule has 0 N–H and O–H groups in total. The lowest BCUT2D eigenvalue weighted by molar-refractivity contribution is 0.0311. The van der Waals surface area contributed by atoms with E-state index in [1.807, 2.05) is 23.1 Å². The first-order chi connectivity index (χ1) is 8.79. The van der Waals surface area contributed by atoms with E-state index in [9.17, 15) is 4.79 Å². The molecule has 5 heteroatoms. The maximum Gasteiger partial charge on any atom is 0.254 e. The summed E-state index contributed by atoms with van der Waals surface area (Å²) in [6, 6.07) is 5.68. The fourth-order valence-corrected chi connectivity index (χ4v) is 3.57. The van der Waals surface area contributed by atoms with Gasteiger partial charge in [0.1, 0.15) is 0 Å². The van der Waals surface area contributed by atoms with Crippen LogP contribution in [0.25, 0.3) is 0 Å². The van der Waals surface area contributed by atoms with Gasteiger partial charge in [-0.25, -0.2) is 0 Å². The molecule has 2 rings (SSSR count). The van der Waals surface area contributed by atoms with E-state index in [1.165, 1.54) is 0 Å². The summed E-state index contributed by atoms with van der Waals surface area (Å²) in [5.41, 5.74) is 0.749. The van der Waals surface area contributed by atoms with E-state index < -0.39 is 0 Å². The van der Waals surface area contributed by atoms with Crippen molar-refractivity contribution in [1.29, 1.82) is 0 Å². The minimum Gasteiger partial charge on any atom is -0.336 e. The van der Waals surface area contributed by atoms with Gasteiger partial charge in [0.05, 0.1) is 0 Å². The number of hydrogen-bond donors (Lipinski definition) is 0. The Morgan fingerprint density at radius 1 is 1.16 bits per heavy atom. The number of likely N-dealkylation sites (N-methyl/N-ethyl adjacent to an activating group) is 1. The summed E-state index contributed by atoms with van der Waals surface area (Å²) in [4.78, 5) is 16.8. The van der Waals surface area contributed by atoms with Crippen molar-refractivity contribution < 1.29 is 4.79 Å². The van der Waals surface area contributed by atoms with Gasteiger partial charge in [-0.1, -0.05) is 31.9 Å². The average molecular weight is 390 g/mol. The van der Waals surface area contributed by atoms with Crippen molar-refractivity contribution in [2.45, 2.75) is 19.4 Å². The van der Waals surface area contributed by atoms with Crippen LogP contribution in [0.4, 0.5) is 0 Å². The molecule has 1 aliphatic rings. The second kappa shape index (κ2) is 5.54. The molecule has 1 aromatic rings. The monoisotopic (exact) mass is 388 g/mol. The molecule has 19 heavy (non-hydrogen) atoms. The predicted molar refractivity (Wildman–Crippen MR) is 84.5 cm³/mol. The molecule has 0 spiro atoms. The Hall–Kier alpha value is -0.390. The van der Waals surface area contributed by atoms with Crippen LogP contribution >= 0.6 is 31.9 Å².